The number of rotatable bonds is 4. The number of hydrogen-bond donors (Lipinski definition) is 1. The Morgan fingerprint density at radius 2 is 2.00 bits per heavy atom. The van der Waals surface area contributed by atoms with Gasteiger partial charge in [-0.25, -0.2) is 4.52 Å². The quantitative estimate of drug-likeness (QED) is 0.775. The van der Waals surface area contributed by atoms with Crippen molar-refractivity contribution in [2.24, 2.45) is 13.0 Å². The number of nitrogens with zero attached hydrogens (tertiary/aromatic N) is 3. The van der Waals surface area contributed by atoms with E-state index in [1.807, 2.05) is 24.0 Å². The highest BCUT2D eigenvalue weighted by Crippen LogP contribution is 2.48. The topological polar surface area (TPSA) is 51.3 Å². The SMILES string of the molecule is Cn1ccn2ncc(CNC(=O)[C@@H]3C[C@H]3c3ccc(C(F)(F)F)cc3)c12. The van der Waals surface area contributed by atoms with Crippen LogP contribution in [-0.4, -0.2) is 20.1 Å². The minimum Gasteiger partial charge on any atom is -0.352 e. The van der Waals surface area contributed by atoms with E-state index < -0.39 is 11.7 Å². The number of fused-ring (bicyclic) bond motifs is 1. The maximum Gasteiger partial charge on any atom is 0.416 e. The molecule has 0 spiro atoms. The Bertz CT molecular complexity index is 955. The second-order valence-corrected chi connectivity index (χ2v) is 6.63. The third kappa shape index (κ3) is 2.95. The van der Waals surface area contributed by atoms with Crippen molar-refractivity contribution >= 4 is 11.6 Å². The van der Waals surface area contributed by atoms with E-state index in [-0.39, 0.29) is 17.7 Å². The third-order valence-electron chi connectivity index (χ3n) is 4.85. The number of imidazole rings is 1. The molecule has 1 aliphatic rings. The summed E-state index contributed by atoms with van der Waals surface area (Å²) in [7, 11) is 1.91. The Labute approximate surface area is 147 Å². The maximum absolute atomic E-state index is 12.6. The first-order chi connectivity index (χ1) is 12.3. The Morgan fingerprint density at radius 1 is 1.27 bits per heavy atom. The van der Waals surface area contributed by atoms with Crippen LogP contribution in [0.2, 0.25) is 0 Å². The molecule has 2 heterocycles. The number of halogens is 3. The van der Waals surface area contributed by atoms with Gasteiger partial charge in [0.25, 0.3) is 0 Å². The molecule has 1 N–H and O–H groups in total. The van der Waals surface area contributed by atoms with Crippen LogP contribution in [0, 0.1) is 5.92 Å². The molecule has 0 radical (unpaired) electrons. The van der Waals surface area contributed by atoms with Gasteiger partial charge in [-0.1, -0.05) is 12.1 Å². The van der Waals surface area contributed by atoms with Crippen LogP contribution in [0.1, 0.15) is 29.0 Å². The standard InChI is InChI=1S/C18H17F3N4O/c1-24-6-7-25-17(24)12(10-23-25)9-22-16(26)15-8-14(15)11-2-4-13(5-3-11)18(19,20)21/h2-7,10,14-15H,8-9H2,1H3,(H,22,26)/t14-,15+/m0/s1. The van der Waals surface area contributed by atoms with Crippen LogP contribution in [-0.2, 0) is 24.6 Å². The number of amides is 1. The molecule has 1 fully saturated rings. The molecular weight excluding hydrogens is 345 g/mol. The fourth-order valence-corrected chi connectivity index (χ4v) is 3.33. The van der Waals surface area contributed by atoms with Crippen molar-refractivity contribution in [1.82, 2.24) is 19.5 Å². The summed E-state index contributed by atoms with van der Waals surface area (Å²) in [6.07, 6.45) is 1.75. The lowest BCUT2D eigenvalue weighted by atomic mass is 10.1. The van der Waals surface area contributed by atoms with E-state index in [0.29, 0.717) is 13.0 Å². The summed E-state index contributed by atoms with van der Waals surface area (Å²) in [5.74, 6) is -0.283. The van der Waals surface area contributed by atoms with Crippen molar-refractivity contribution in [3.63, 3.8) is 0 Å². The summed E-state index contributed by atoms with van der Waals surface area (Å²) in [6, 6.07) is 5.07. The highest BCUT2D eigenvalue weighted by Gasteiger charge is 2.44. The molecule has 1 aromatic carbocycles. The number of carbonyl (C=O) groups is 1. The summed E-state index contributed by atoms with van der Waals surface area (Å²) in [5.41, 5.74) is 1.93. The molecule has 0 saturated heterocycles. The van der Waals surface area contributed by atoms with E-state index in [0.717, 1.165) is 28.9 Å². The van der Waals surface area contributed by atoms with E-state index in [9.17, 15) is 18.0 Å². The van der Waals surface area contributed by atoms with Crippen molar-refractivity contribution in [2.75, 3.05) is 0 Å². The highest BCUT2D eigenvalue weighted by atomic mass is 19.4. The van der Waals surface area contributed by atoms with Crippen LogP contribution in [0.5, 0.6) is 0 Å². The molecule has 2 aromatic heterocycles. The Morgan fingerprint density at radius 3 is 2.69 bits per heavy atom. The van der Waals surface area contributed by atoms with Crippen LogP contribution in [0.15, 0.2) is 42.9 Å². The molecule has 0 unspecified atom stereocenters. The fraction of sp³-hybridized carbons (Fsp3) is 0.333. The number of nitrogens with one attached hydrogen (secondary N) is 1. The van der Waals surface area contributed by atoms with E-state index in [2.05, 4.69) is 10.4 Å². The van der Waals surface area contributed by atoms with Gasteiger partial charge < -0.3 is 9.88 Å². The van der Waals surface area contributed by atoms with Gasteiger partial charge in [-0.15, -0.1) is 0 Å². The van der Waals surface area contributed by atoms with Crippen molar-refractivity contribution in [3.05, 3.63) is 59.5 Å². The normalized spacial score (nSPS) is 19.7. The van der Waals surface area contributed by atoms with Gasteiger partial charge in [0.05, 0.1) is 11.8 Å². The molecule has 0 bridgehead atoms. The maximum atomic E-state index is 12.6. The second-order valence-electron chi connectivity index (χ2n) is 6.63. The first-order valence-electron chi connectivity index (χ1n) is 8.27. The van der Waals surface area contributed by atoms with Gasteiger partial charge in [0.15, 0.2) is 0 Å². The lowest BCUT2D eigenvalue weighted by molar-refractivity contribution is -0.137. The summed E-state index contributed by atoms with van der Waals surface area (Å²) in [6.45, 7) is 0.371. The molecule has 1 aliphatic carbocycles. The minimum atomic E-state index is -4.34. The lowest BCUT2D eigenvalue weighted by Gasteiger charge is -2.08. The van der Waals surface area contributed by atoms with Gasteiger partial charge in [0.1, 0.15) is 5.65 Å². The van der Waals surface area contributed by atoms with E-state index in [4.69, 9.17) is 0 Å². The molecule has 1 saturated carbocycles. The molecule has 1 amide bonds. The molecule has 2 atom stereocenters. The molecule has 5 nitrogen and oxygen atoms in total. The second kappa shape index (κ2) is 5.89. The molecule has 8 heteroatoms. The number of aromatic nitrogens is 3. The highest BCUT2D eigenvalue weighted by molar-refractivity contribution is 5.83. The summed E-state index contributed by atoms with van der Waals surface area (Å²) >= 11 is 0. The van der Waals surface area contributed by atoms with Crippen molar-refractivity contribution in [2.45, 2.75) is 25.1 Å². The molecule has 136 valence electrons. The number of benzene rings is 1. The first kappa shape index (κ1) is 16.7. The van der Waals surface area contributed by atoms with E-state index in [1.54, 1.807) is 10.7 Å². The molecule has 4 rings (SSSR count). The van der Waals surface area contributed by atoms with Gasteiger partial charge in [0.2, 0.25) is 5.91 Å². The summed E-state index contributed by atoms with van der Waals surface area (Å²) in [5, 5.41) is 7.13. The average molecular weight is 362 g/mol. The van der Waals surface area contributed by atoms with Crippen LogP contribution >= 0.6 is 0 Å². The summed E-state index contributed by atoms with van der Waals surface area (Å²) in [4.78, 5) is 12.3. The van der Waals surface area contributed by atoms with E-state index in [1.165, 1.54) is 12.1 Å². The lowest BCUT2D eigenvalue weighted by Crippen LogP contribution is -2.25. The molecule has 3 aromatic rings. The number of hydrogen-bond acceptors (Lipinski definition) is 2. The number of carbonyl (C=O) groups excluding carboxylic acids is 1. The average Bonchev–Trinajstić information content (AvgIpc) is 3.17. The predicted molar refractivity (Wildman–Crippen MR) is 88.3 cm³/mol. The first-order valence-corrected chi connectivity index (χ1v) is 8.27. The fourth-order valence-electron chi connectivity index (χ4n) is 3.33. The summed E-state index contributed by atoms with van der Waals surface area (Å²) < 4.78 is 41.5. The number of aryl methyl sites for hydroxylation is 1. The van der Waals surface area contributed by atoms with Crippen LogP contribution in [0.4, 0.5) is 13.2 Å². The molecule has 26 heavy (non-hydrogen) atoms. The molecule has 0 aliphatic heterocycles. The zero-order valence-electron chi connectivity index (χ0n) is 14.0. The van der Waals surface area contributed by atoms with Crippen molar-refractivity contribution < 1.29 is 18.0 Å². The largest absolute Gasteiger partial charge is 0.416 e. The molecular formula is C18H17F3N4O. The Balaban J connectivity index is 1.37. The van der Waals surface area contributed by atoms with Gasteiger partial charge in [-0.05, 0) is 30.0 Å². The zero-order chi connectivity index (χ0) is 18.5. The van der Waals surface area contributed by atoms with Gasteiger partial charge >= 0.3 is 6.18 Å². The Kier molecular flexibility index (Phi) is 3.78. The van der Waals surface area contributed by atoms with Crippen molar-refractivity contribution in [1.29, 1.82) is 0 Å². The van der Waals surface area contributed by atoms with Crippen LogP contribution < -0.4 is 5.32 Å². The monoisotopic (exact) mass is 362 g/mol. The van der Waals surface area contributed by atoms with Gasteiger partial charge in [-0.2, -0.15) is 18.3 Å². The minimum absolute atomic E-state index is 0.0144. The third-order valence-corrected chi connectivity index (χ3v) is 4.85. The number of alkyl halides is 3. The van der Waals surface area contributed by atoms with E-state index >= 15 is 0 Å². The van der Waals surface area contributed by atoms with Gasteiger partial charge in [-0.3, -0.25) is 4.79 Å². The zero-order valence-corrected chi connectivity index (χ0v) is 14.0. The smallest absolute Gasteiger partial charge is 0.352 e. The van der Waals surface area contributed by atoms with Gasteiger partial charge in [0, 0.05) is 37.5 Å². The predicted octanol–water partition coefficient (Wildman–Crippen LogP) is 3.11. The Hall–Kier alpha value is -2.77. The van der Waals surface area contributed by atoms with Crippen LogP contribution in [0.25, 0.3) is 5.65 Å². The van der Waals surface area contributed by atoms with Crippen LogP contribution in [0.3, 0.4) is 0 Å². The van der Waals surface area contributed by atoms with Crippen molar-refractivity contribution in [3.8, 4) is 0 Å².